The molecule has 0 fully saturated rings. The van der Waals surface area contributed by atoms with Gasteiger partial charge in [-0.2, -0.15) is 0 Å². The van der Waals surface area contributed by atoms with E-state index in [2.05, 4.69) is 370 Å². The summed E-state index contributed by atoms with van der Waals surface area (Å²) >= 11 is 0. The standard InChI is InChI=1S/C98H68N8O2/c1-9-27-65(28-10-1)93-101-103-95(107-93)67-45-51-77(52-46-67)105(75-39-21-7-22-40-75)79-55-59-83-81-57-49-69(61-85(81)97(87(83)63-79,71-31-13-3-14-32-71)72-33-15-4-16-34-72)91-92(100-90-44-26-25-43-89(90)99-91)70-50-58-82-84-60-56-80(64-88(84)98(86(82)62-70,73-35-17-5-18-36-73)74-37-19-6-20-38-74)106(76-41-23-8-24-42-76)78-53-47-68(48-54-78)96-104-102-94(108-96)66-29-11-2-12-30-66/h1,3-11,13-53,55-64,78H,2,12,54H2. The van der Waals surface area contributed by atoms with Crippen LogP contribution in [-0.4, -0.2) is 36.4 Å². The van der Waals surface area contributed by atoms with Crippen molar-refractivity contribution in [2.45, 2.75) is 36.1 Å². The van der Waals surface area contributed by atoms with Crippen molar-refractivity contribution in [1.29, 1.82) is 0 Å². The van der Waals surface area contributed by atoms with Crippen LogP contribution in [0.25, 0.3) is 89.9 Å². The van der Waals surface area contributed by atoms with Crippen LogP contribution in [0.15, 0.2) is 379 Å². The van der Waals surface area contributed by atoms with Gasteiger partial charge in [0.2, 0.25) is 23.6 Å². The number of aromatic nitrogens is 6. The summed E-state index contributed by atoms with van der Waals surface area (Å²) in [6.07, 6.45) is 15.7. The average molecular weight is 1390 g/mol. The Kier molecular flexibility index (Phi) is 15.7. The van der Waals surface area contributed by atoms with Crippen molar-refractivity contribution in [3.63, 3.8) is 0 Å². The molecule has 0 bridgehead atoms. The number of rotatable bonds is 16. The fraction of sp³-hybridized carbons (Fsp3) is 0.0612. The van der Waals surface area contributed by atoms with Gasteiger partial charge in [0, 0.05) is 61.8 Å². The van der Waals surface area contributed by atoms with Gasteiger partial charge in [0.25, 0.3) is 0 Å². The zero-order valence-corrected chi connectivity index (χ0v) is 58.8. The molecular formula is C98H68N8O2. The van der Waals surface area contributed by atoms with Crippen LogP contribution in [0, 0.1) is 0 Å². The maximum absolute atomic E-state index is 6.33. The molecule has 4 aliphatic carbocycles. The van der Waals surface area contributed by atoms with E-state index in [-0.39, 0.29) is 6.04 Å². The lowest BCUT2D eigenvalue weighted by atomic mass is 9.67. The first kappa shape index (κ1) is 63.7. The minimum atomic E-state index is -0.805. The van der Waals surface area contributed by atoms with Gasteiger partial charge in [-0.15, -0.1) is 20.4 Å². The number of para-hydroxylation sites is 4. The van der Waals surface area contributed by atoms with Gasteiger partial charge < -0.3 is 18.6 Å². The highest BCUT2D eigenvalue weighted by Crippen LogP contribution is 2.61. The largest absolute Gasteiger partial charge is 0.416 e. The first-order chi connectivity index (χ1) is 53.5. The van der Waals surface area contributed by atoms with Crippen molar-refractivity contribution in [3.05, 3.63) is 426 Å². The Morgan fingerprint density at radius 3 is 1.17 bits per heavy atom. The highest BCUT2D eigenvalue weighted by molar-refractivity contribution is 5.96. The Hall–Kier alpha value is -14.0. The van der Waals surface area contributed by atoms with E-state index in [1.165, 1.54) is 16.7 Å². The van der Waals surface area contributed by atoms with Crippen molar-refractivity contribution >= 4 is 50.6 Å². The Balaban J connectivity index is 0.729. The van der Waals surface area contributed by atoms with Crippen molar-refractivity contribution in [2.24, 2.45) is 0 Å². The van der Waals surface area contributed by atoms with Crippen LogP contribution in [-0.2, 0) is 10.8 Å². The zero-order valence-electron chi connectivity index (χ0n) is 58.8. The number of nitrogens with zero attached hydrogens (tertiary/aromatic N) is 8. The number of fused-ring (bicyclic) bond motifs is 7. The second-order valence-corrected chi connectivity index (χ2v) is 27.9. The summed E-state index contributed by atoms with van der Waals surface area (Å²) in [6, 6.07) is 120. The third kappa shape index (κ3) is 10.7. The van der Waals surface area contributed by atoms with Gasteiger partial charge in [0.1, 0.15) is 0 Å². The Morgan fingerprint density at radius 2 is 0.685 bits per heavy atom. The summed E-state index contributed by atoms with van der Waals surface area (Å²) in [5.41, 5.74) is 26.2. The van der Waals surface area contributed by atoms with Gasteiger partial charge in [0.15, 0.2) is 0 Å². The summed E-state index contributed by atoms with van der Waals surface area (Å²) < 4.78 is 12.6. The third-order valence-corrected chi connectivity index (χ3v) is 21.9. The molecule has 13 aromatic carbocycles. The van der Waals surface area contributed by atoms with E-state index in [0.717, 1.165) is 147 Å². The molecular weight excluding hydrogens is 1320 g/mol. The number of allylic oxidation sites excluding steroid dienone is 6. The van der Waals surface area contributed by atoms with Gasteiger partial charge in [-0.25, -0.2) is 9.97 Å². The van der Waals surface area contributed by atoms with Crippen LogP contribution in [0.1, 0.15) is 75.6 Å². The predicted molar refractivity (Wildman–Crippen MR) is 433 cm³/mol. The summed E-state index contributed by atoms with van der Waals surface area (Å²) in [5, 5.41) is 17.9. The second-order valence-electron chi connectivity index (χ2n) is 27.9. The summed E-state index contributed by atoms with van der Waals surface area (Å²) in [5.74, 6) is 2.00. The monoisotopic (exact) mass is 1390 g/mol. The van der Waals surface area contributed by atoms with Crippen molar-refractivity contribution in [1.82, 2.24) is 30.4 Å². The molecule has 20 rings (SSSR count). The third-order valence-electron chi connectivity index (χ3n) is 21.9. The van der Waals surface area contributed by atoms with E-state index in [1.54, 1.807) is 0 Å². The maximum atomic E-state index is 6.33. The van der Waals surface area contributed by atoms with E-state index < -0.39 is 10.8 Å². The minimum absolute atomic E-state index is 0.0415. The molecule has 4 aliphatic rings. The average Bonchev–Trinajstić information content (AvgIpc) is 1.53. The Morgan fingerprint density at radius 1 is 0.306 bits per heavy atom. The second kappa shape index (κ2) is 26.6. The smallest absolute Gasteiger partial charge is 0.248 e. The molecule has 0 saturated heterocycles. The first-order valence-corrected chi connectivity index (χ1v) is 36.9. The number of benzene rings is 13. The molecule has 3 heterocycles. The lowest BCUT2D eigenvalue weighted by Crippen LogP contribution is -2.31. The fourth-order valence-corrected chi connectivity index (χ4v) is 17.1. The van der Waals surface area contributed by atoms with E-state index in [1.807, 2.05) is 30.3 Å². The maximum Gasteiger partial charge on any atom is 0.248 e. The number of hydrogen-bond acceptors (Lipinski definition) is 10. The van der Waals surface area contributed by atoms with E-state index >= 15 is 0 Å². The molecule has 0 aliphatic heterocycles. The van der Waals surface area contributed by atoms with Gasteiger partial charge in [0.05, 0.1) is 39.3 Å². The SMILES string of the molecule is C1=CC(c2nnc(C3=CCC(N(c4ccccc4)c4ccc5c(c4)C(c4ccccc4)(c4ccccc4)c4cc(-c6nc7ccccc7nc6-c6ccc7c(c6)C(c6ccccc6)(c6ccccc6)c6cc(N(c8ccccc8)c8ccc(-c9nnc(-c%10ccccc%10)o9)cc8)ccc6-7)ccc4-5)C=C3)o2)=CCC1. The van der Waals surface area contributed by atoms with Crippen LogP contribution in [0.4, 0.5) is 28.4 Å². The molecule has 512 valence electrons. The minimum Gasteiger partial charge on any atom is -0.416 e. The van der Waals surface area contributed by atoms with Crippen molar-refractivity contribution in [2.75, 3.05) is 9.80 Å². The van der Waals surface area contributed by atoms with Crippen molar-refractivity contribution in [3.8, 4) is 67.7 Å². The fourth-order valence-electron chi connectivity index (χ4n) is 17.1. The highest BCUT2D eigenvalue weighted by Gasteiger charge is 2.49. The Bertz CT molecular complexity index is 6140. The van der Waals surface area contributed by atoms with Gasteiger partial charge in [-0.05, 0) is 195 Å². The van der Waals surface area contributed by atoms with E-state index in [0.29, 0.717) is 30.0 Å². The van der Waals surface area contributed by atoms with Crippen LogP contribution in [0.5, 0.6) is 0 Å². The van der Waals surface area contributed by atoms with Crippen LogP contribution in [0.2, 0.25) is 0 Å². The molecule has 108 heavy (non-hydrogen) atoms. The molecule has 1 atom stereocenters. The molecule has 0 saturated carbocycles. The molecule has 10 heteroatoms. The first-order valence-electron chi connectivity index (χ1n) is 36.9. The van der Waals surface area contributed by atoms with Crippen LogP contribution in [0.3, 0.4) is 0 Å². The summed E-state index contributed by atoms with van der Waals surface area (Å²) in [4.78, 5) is 16.3. The molecule has 0 amide bonds. The quantitative estimate of drug-likeness (QED) is 0.0927. The zero-order chi connectivity index (χ0) is 71.5. The van der Waals surface area contributed by atoms with Crippen LogP contribution >= 0.6 is 0 Å². The predicted octanol–water partition coefficient (Wildman–Crippen LogP) is 23.5. The molecule has 0 N–H and O–H groups in total. The number of hydrogen-bond donors (Lipinski definition) is 0. The van der Waals surface area contributed by atoms with Crippen LogP contribution < -0.4 is 9.80 Å². The summed E-state index contributed by atoms with van der Waals surface area (Å²) in [6.45, 7) is 0. The van der Waals surface area contributed by atoms with Gasteiger partial charge >= 0.3 is 0 Å². The highest BCUT2D eigenvalue weighted by atomic mass is 16.4. The van der Waals surface area contributed by atoms with Gasteiger partial charge in [-0.3, -0.25) is 0 Å². The molecule has 0 spiro atoms. The molecule has 1 unspecified atom stereocenters. The Labute approximate surface area is 626 Å². The molecule has 16 aromatic rings. The molecule has 3 aromatic heterocycles. The number of anilines is 5. The normalized spacial score (nSPS) is 14.8. The lowest BCUT2D eigenvalue weighted by molar-refractivity contribution is 0.525. The molecule has 10 nitrogen and oxygen atoms in total. The summed E-state index contributed by atoms with van der Waals surface area (Å²) in [7, 11) is 0. The van der Waals surface area contributed by atoms with Gasteiger partial charge in [-0.1, -0.05) is 261 Å². The van der Waals surface area contributed by atoms with E-state index in [4.69, 9.17) is 18.8 Å². The topological polar surface area (TPSA) is 110 Å². The lowest BCUT2D eigenvalue weighted by Gasteiger charge is -2.36. The van der Waals surface area contributed by atoms with Crippen molar-refractivity contribution < 1.29 is 8.83 Å². The van der Waals surface area contributed by atoms with E-state index in [9.17, 15) is 0 Å². The molecule has 0 radical (unpaired) electrons.